The number of hydrogen-bond donors (Lipinski definition) is 0. The van der Waals surface area contributed by atoms with Gasteiger partial charge < -0.3 is 18.1 Å². The van der Waals surface area contributed by atoms with Crippen molar-refractivity contribution in [3.63, 3.8) is 0 Å². The van der Waals surface area contributed by atoms with Crippen LogP contribution in [0.5, 0.6) is 0 Å². The zero-order valence-electron chi connectivity index (χ0n) is 17.9. The van der Waals surface area contributed by atoms with E-state index in [0.717, 1.165) is 11.1 Å². The smallest absolute Gasteiger partial charge is 0.301 e. The van der Waals surface area contributed by atoms with Crippen LogP contribution < -0.4 is 10.6 Å². The number of rotatable bonds is 15. The molecule has 0 atom stereocenters. The molecule has 0 heterocycles. The summed E-state index contributed by atoms with van der Waals surface area (Å²) in [7, 11) is -6.99. The summed E-state index contributed by atoms with van der Waals surface area (Å²) in [5.41, 5.74) is 1.74. The predicted octanol–water partition coefficient (Wildman–Crippen LogP) is 5.80. The lowest BCUT2D eigenvalue weighted by molar-refractivity contribution is 0.246. The molecule has 2 rings (SSSR count). The van der Waals surface area contributed by atoms with E-state index in [4.69, 9.17) is 18.1 Å². The summed E-state index contributed by atoms with van der Waals surface area (Å²) in [6.45, 7) is 14.7. The van der Waals surface area contributed by atoms with Gasteiger partial charge in [0.05, 0.1) is 37.0 Å². The zero-order chi connectivity index (χ0) is 23.5. The first-order valence-electron chi connectivity index (χ1n) is 9.86. The first-order chi connectivity index (χ1) is 15.4. The Morgan fingerprint density at radius 1 is 0.531 bits per heavy atom. The van der Waals surface area contributed by atoms with Crippen molar-refractivity contribution in [3.8, 4) is 11.1 Å². The molecule has 8 heteroatoms. The summed E-state index contributed by atoms with van der Waals surface area (Å²) < 4.78 is 47.9. The van der Waals surface area contributed by atoms with Gasteiger partial charge in [-0.1, -0.05) is 48.6 Å². The fraction of sp³-hybridized carbons (Fsp3) is 0.167. The summed E-state index contributed by atoms with van der Waals surface area (Å²) in [6.07, 6.45) is 6.04. The molecule has 6 nitrogen and oxygen atoms in total. The fourth-order valence-corrected chi connectivity index (χ4v) is 5.63. The highest BCUT2D eigenvalue weighted by Crippen LogP contribution is 2.48. The van der Waals surface area contributed by atoms with E-state index in [1.807, 2.05) is 24.3 Å². The van der Waals surface area contributed by atoms with Crippen LogP contribution in [0.2, 0.25) is 0 Å². The van der Waals surface area contributed by atoms with E-state index in [-0.39, 0.29) is 26.4 Å². The van der Waals surface area contributed by atoms with Crippen molar-refractivity contribution in [2.75, 3.05) is 26.4 Å². The van der Waals surface area contributed by atoms with E-state index in [9.17, 15) is 9.13 Å². The van der Waals surface area contributed by atoms with E-state index >= 15 is 0 Å². The van der Waals surface area contributed by atoms with E-state index in [1.165, 1.54) is 24.3 Å². The second kappa shape index (κ2) is 12.7. The third-order valence-corrected chi connectivity index (χ3v) is 7.97. The summed E-state index contributed by atoms with van der Waals surface area (Å²) in [4.78, 5) is 0. The standard InChI is InChI=1S/C24H28O6P2/c1-5-17-27-31(25,28-18-6-2)23-13-9-21(10-14-23)22-11-15-24(16-12-22)32(26,29-19-7-3)30-20-8-4/h5-16H,1-4,17-20H2. The monoisotopic (exact) mass is 474 g/mol. The van der Waals surface area contributed by atoms with Crippen molar-refractivity contribution < 1.29 is 27.2 Å². The summed E-state index contributed by atoms with van der Waals surface area (Å²) in [6, 6.07) is 14.0. The SMILES string of the molecule is C=CCOP(=O)(OCC=C)c1ccc(-c2ccc(P(=O)(OCC=C)OCC=C)cc2)cc1. The zero-order valence-corrected chi connectivity index (χ0v) is 19.7. The molecule has 2 aromatic rings. The Bertz CT molecular complexity index is 896. The Morgan fingerprint density at radius 3 is 1.00 bits per heavy atom. The third-order valence-electron chi connectivity index (χ3n) is 4.15. The van der Waals surface area contributed by atoms with Crippen molar-refractivity contribution in [2.45, 2.75) is 0 Å². The number of benzene rings is 2. The molecule has 0 saturated heterocycles. The molecule has 0 spiro atoms. The summed E-state index contributed by atoms with van der Waals surface area (Å²) in [5.74, 6) is 0. The molecule has 0 aromatic heterocycles. The lowest BCUT2D eigenvalue weighted by Crippen LogP contribution is -2.11. The van der Waals surface area contributed by atoms with Gasteiger partial charge in [-0.05, 0) is 35.4 Å². The minimum Gasteiger partial charge on any atom is -0.301 e. The molecular weight excluding hydrogens is 446 g/mol. The van der Waals surface area contributed by atoms with Crippen LogP contribution >= 0.6 is 15.2 Å². The quantitative estimate of drug-likeness (QED) is 0.240. The van der Waals surface area contributed by atoms with Gasteiger partial charge in [-0.3, -0.25) is 9.13 Å². The van der Waals surface area contributed by atoms with Gasteiger partial charge in [0, 0.05) is 0 Å². The first kappa shape index (κ1) is 26.0. The molecular formula is C24H28O6P2. The molecule has 170 valence electrons. The van der Waals surface area contributed by atoms with Crippen LogP contribution in [-0.2, 0) is 27.2 Å². The molecule has 0 aliphatic rings. The predicted molar refractivity (Wildman–Crippen MR) is 131 cm³/mol. The average Bonchev–Trinajstić information content (AvgIpc) is 2.84. The molecule has 0 fully saturated rings. The summed E-state index contributed by atoms with van der Waals surface area (Å²) >= 11 is 0. The Hall–Kier alpha value is -2.30. The molecule has 2 aromatic carbocycles. The Labute approximate surface area is 189 Å². The summed E-state index contributed by atoms with van der Waals surface area (Å²) in [5, 5.41) is 0.864. The maximum absolute atomic E-state index is 13.1. The fourth-order valence-electron chi connectivity index (χ4n) is 2.65. The van der Waals surface area contributed by atoms with Gasteiger partial charge in [0.15, 0.2) is 0 Å². The maximum atomic E-state index is 13.1. The molecule has 0 radical (unpaired) electrons. The van der Waals surface area contributed by atoms with Gasteiger partial charge in [-0.25, -0.2) is 0 Å². The first-order valence-corrected chi connectivity index (χ1v) is 12.9. The second-order valence-electron chi connectivity index (χ2n) is 6.43. The van der Waals surface area contributed by atoms with E-state index < -0.39 is 15.2 Å². The normalized spacial score (nSPS) is 11.6. The van der Waals surface area contributed by atoms with Crippen molar-refractivity contribution in [1.82, 2.24) is 0 Å². The molecule has 0 N–H and O–H groups in total. The molecule has 0 saturated carbocycles. The van der Waals surface area contributed by atoms with Gasteiger partial charge in [-0.2, -0.15) is 0 Å². The van der Waals surface area contributed by atoms with Gasteiger partial charge >= 0.3 is 15.2 Å². The van der Waals surface area contributed by atoms with E-state index in [0.29, 0.717) is 10.6 Å². The van der Waals surface area contributed by atoms with E-state index in [2.05, 4.69) is 26.3 Å². The third kappa shape index (κ3) is 6.85. The van der Waals surface area contributed by atoms with Crippen LogP contribution in [0.1, 0.15) is 0 Å². The van der Waals surface area contributed by atoms with Crippen molar-refractivity contribution in [1.29, 1.82) is 0 Å². The average molecular weight is 474 g/mol. The molecule has 0 bridgehead atoms. The van der Waals surface area contributed by atoms with Crippen LogP contribution in [0.4, 0.5) is 0 Å². The van der Waals surface area contributed by atoms with Crippen LogP contribution in [-0.4, -0.2) is 26.4 Å². The van der Waals surface area contributed by atoms with Gasteiger partial charge in [0.25, 0.3) is 0 Å². The van der Waals surface area contributed by atoms with Gasteiger partial charge in [-0.15, -0.1) is 26.3 Å². The largest absolute Gasteiger partial charge is 0.361 e. The molecule has 0 amide bonds. The highest BCUT2D eigenvalue weighted by Gasteiger charge is 2.28. The minimum atomic E-state index is -3.50. The topological polar surface area (TPSA) is 71.1 Å². The van der Waals surface area contributed by atoms with Crippen molar-refractivity contribution in [2.24, 2.45) is 0 Å². The number of hydrogen-bond acceptors (Lipinski definition) is 6. The van der Waals surface area contributed by atoms with Gasteiger partial charge in [0.1, 0.15) is 0 Å². The minimum absolute atomic E-state index is 0.0968. The highest BCUT2D eigenvalue weighted by atomic mass is 31.2. The Kier molecular flexibility index (Phi) is 10.3. The van der Waals surface area contributed by atoms with Crippen LogP contribution in [0.3, 0.4) is 0 Å². The molecule has 0 aliphatic carbocycles. The maximum Gasteiger partial charge on any atom is 0.361 e. The molecule has 32 heavy (non-hydrogen) atoms. The van der Waals surface area contributed by atoms with Crippen LogP contribution in [0.25, 0.3) is 11.1 Å². The second-order valence-corrected chi connectivity index (χ2v) is 10.5. The molecule has 0 aliphatic heterocycles. The molecule has 0 unspecified atom stereocenters. The lowest BCUT2D eigenvalue weighted by atomic mass is 10.1. The highest BCUT2D eigenvalue weighted by molar-refractivity contribution is 7.62. The van der Waals surface area contributed by atoms with Crippen LogP contribution in [0, 0.1) is 0 Å². The van der Waals surface area contributed by atoms with E-state index in [1.54, 1.807) is 24.3 Å². The van der Waals surface area contributed by atoms with Crippen molar-refractivity contribution in [3.05, 3.63) is 99.2 Å². The Morgan fingerprint density at radius 2 is 0.781 bits per heavy atom. The van der Waals surface area contributed by atoms with Gasteiger partial charge in [0.2, 0.25) is 0 Å². The Balaban J connectivity index is 2.27. The lowest BCUT2D eigenvalue weighted by Gasteiger charge is -2.18. The van der Waals surface area contributed by atoms with Crippen molar-refractivity contribution >= 4 is 25.8 Å². The van der Waals surface area contributed by atoms with Crippen LogP contribution in [0.15, 0.2) is 99.2 Å².